The standard InChI is InChI=1S/C31H32N6O3S/c1-19(38)33-31-34-26-12-11-25-27(22-8-4-3-5-9-22)35-37(28(25)29(26)41-31)24-10-6-7-21(17-24)18-32-30(40)23-13-15-36(16-14-23)20(2)39/h3-10,17,23H,11-16,18H2,1-2H3,(H,32,40)(H,33,34,38). The summed E-state index contributed by atoms with van der Waals surface area (Å²) in [6.45, 7) is 4.72. The first-order valence-electron chi connectivity index (χ1n) is 13.9. The number of anilines is 1. The number of fused-ring (bicyclic) bond motifs is 3. The second-order valence-corrected chi connectivity index (χ2v) is 11.6. The Kier molecular flexibility index (Phi) is 7.40. The molecule has 0 atom stereocenters. The molecule has 2 aromatic carbocycles. The quantitative estimate of drug-likeness (QED) is 0.354. The maximum atomic E-state index is 12.9. The number of piperidine rings is 1. The van der Waals surface area contributed by atoms with E-state index in [9.17, 15) is 14.4 Å². The number of thiazole rings is 1. The van der Waals surface area contributed by atoms with Crippen LogP contribution < -0.4 is 10.6 Å². The van der Waals surface area contributed by atoms with Gasteiger partial charge in [0.05, 0.1) is 27.6 Å². The van der Waals surface area contributed by atoms with Crippen LogP contribution in [0.1, 0.15) is 43.5 Å². The Hall–Kier alpha value is -4.31. The first-order chi connectivity index (χ1) is 19.9. The zero-order valence-electron chi connectivity index (χ0n) is 23.1. The number of nitrogens with zero attached hydrogens (tertiary/aromatic N) is 4. The lowest BCUT2D eigenvalue weighted by molar-refractivity contribution is -0.134. The number of likely N-dealkylation sites (tertiary alicyclic amines) is 1. The van der Waals surface area contributed by atoms with E-state index in [1.807, 2.05) is 41.1 Å². The zero-order valence-corrected chi connectivity index (χ0v) is 24.0. The van der Waals surface area contributed by atoms with Crippen molar-refractivity contribution in [2.45, 2.75) is 46.1 Å². The molecule has 210 valence electrons. The number of aryl methyl sites for hydroxylation is 1. The third-order valence-corrected chi connectivity index (χ3v) is 8.79. The first kappa shape index (κ1) is 26.9. The summed E-state index contributed by atoms with van der Waals surface area (Å²) in [6, 6.07) is 18.3. The summed E-state index contributed by atoms with van der Waals surface area (Å²) in [6.07, 6.45) is 2.95. The van der Waals surface area contributed by atoms with Crippen molar-refractivity contribution in [1.82, 2.24) is 25.0 Å². The Labute approximate surface area is 242 Å². The number of benzene rings is 2. The van der Waals surface area contributed by atoms with Crippen molar-refractivity contribution in [3.8, 4) is 27.5 Å². The molecule has 2 N–H and O–H groups in total. The van der Waals surface area contributed by atoms with Gasteiger partial charge in [0.25, 0.3) is 0 Å². The number of carbonyl (C=O) groups excluding carboxylic acids is 3. The van der Waals surface area contributed by atoms with Gasteiger partial charge in [0.15, 0.2) is 5.13 Å². The smallest absolute Gasteiger partial charge is 0.223 e. The highest BCUT2D eigenvalue weighted by atomic mass is 32.1. The molecule has 4 aromatic rings. The molecule has 0 radical (unpaired) electrons. The third kappa shape index (κ3) is 5.52. The molecule has 2 aliphatic rings. The van der Waals surface area contributed by atoms with Crippen LogP contribution in [0.2, 0.25) is 0 Å². The van der Waals surface area contributed by atoms with E-state index in [1.165, 1.54) is 18.3 Å². The normalized spacial score (nSPS) is 14.7. The summed E-state index contributed by atoms with van der Waals surface area (Å²) >= 11 is 1.47. The molecule has 0 unspecified atom stereocenters. The minimum atomic E-state index is -0.144. The molecule has 0 bridgehead atoms. The summed E-state index contributed by atoms with van der Waals surface area (Å²) in [4.78, 5) is 43.8. The van der Waals surface area contributed by atoms with Crippen molar-refractivity contribution in [3.63, 3.8) is 0 Å². The number of nitrogens with one attached hydrogen (secondary N) is 2. The molecule has 10 heteroatoms. The van der Waals surface area contributed by atoms with Crippen LogP contribution in [0.15, 0.2) is 54.6 Å². The fraction of sp³-hybridized carbons (Fsp3) is 0.323. The largest absolute Gasteiger partial charge is 0.352 e. The molecule has 3 heterocycles. The van der Waals surface area contributed by atoms with Crippen LogP contribution in [-0.4, -0.2) is 50.5 Å². The monoisotopic (exact) mass is 568 g/mol. The maximum Gasteiger partial charge on any atom is 0.223 e. The van der Waals surface area contributed by atoms with Crippen LogP contribution in [0.4, 0.5) is 5.13 Å². The van der Waals surface area contributed by atoms with E-state index in [0.717, 1.165) is 57.2 Å². The molecule has 9 nitrogen and oxygen atoms in total. The Morgan fingerprint density at radius 1 is 1.00 bits per heavy atom. The molecule has 41 heavy (non-hydrogen) atoms. The van der Waals surface area contributed by atoms with Gasteiger partial charge in [0, 0.05) is 50.5 Å². The summed E-state index contributed by atoms with van der Waals surface area (Å²) in [5, 5.41) is 11.7. The fourth-order valence-electron chi connectivity index (χ4n) is 5.68. The molecule has 0 saturated carbocycles. The van der Waals surface area contributed by atoms with Gasteiger partial charge in [0.1, 0.15) is 0 Å². The van der Waals surface area contributed by atoms with Crippen molar-refractivity contribution in [2.24, 2.45) is 5.92 Å². The predicted octanol–water partition coefficient (Wildman–Crippen LogP) is 4.59. The summed E-state index contributed by atoms with van der Waals surface area (Å²) in [5.41, 5.74) is 6.99. The molecule has 3 amide bonds. The summed E-state index contributed by atoms with van der Waals surface area (Å²) < 4.78 is 1.98. The van der Waals surface area contributed by atoms with Gasteiger partial charge in [0.2, 0.25) is 17.7 Å². The van der Waals surface area contributed by atoms with E-state index in [2.05, 4.69) is 28.8 Å². The van der Waals surface area contributed by atoms with Crippen LogP contribution in [0, 0.1) is 5.92 Å². The number of aromatic nitrogens is 3. The third-order valence-electron chi connectivity index (χ3n) is 7.77. The van der Waals surface area contributed by atoms with E-state index < -0.39 is 0 Å². The molecule has 0 spiro atoms. The molecule has 6 rings (SSSR count). The average molecular weight is 569 g/mol. The topological polar surface area (TPSA) is 109 Å². The van der Waals surface area contributed by atoms with Gasteiger partial charge in [-0.25, -0.2) is 9.67 Å². The summed E-state index contributed by atoms with van der Waals surface area (Å²) in [5.74, 6) is -0.133. The van der Waals surface area contributed by atoms with Crippen LogP contribution in [0.3, 0.4) is 0 Å². The lowest BCUT2D eigenvalue weighted by atomic mass is 9.95. The Morgan fingerprint density at radius 2 is 1.78 bits per heavy atom. The fourth-order valence-corrected chi connectivity index (χ4v) is 6.79. The Balaban J connectivity index is 1.30. The number of carbonyl (C=O) groups is 3. The number of hydrogen-bond acceptors (Lipinski definition) is 6. The second-order valence-electron chi connectivity index (χ2n) is 10.6. The number of amides is 3. The van der Waals surface area contributed by atoms with Crippen molar-refractivity contribution < 1.29 is 14.4 Å². The first-order valence-corrected chi connectivity index (χ1v) is 14.8. The molecule has 1 aliphatic heterocycles. The van der Waals surface area contributed by atoms with Crippen LogP contribution >= 0.6 is 11.3 Å². The highest BCUT2D eigenvalue weighted by Gasteiger charge is 2.30. The van der Waals surface area contributed by atoms with Gasteiger partial charge < -0.3 is 15.5 Å². The molecule has 1 fully saturated rings. The van der Waals surface area contributed by atoms with Gasteiger partial charge in [-0.15, -0.1) is 0 Å². The van der Waals surface area contributed by atoms with E-state index in [4.69, 9.17) is 10.1 Å². The van der Waals surface area contributed by atoms with Gasteiger partial charge in [-0.3, -0.25) is 14.4 Å². The molecule has 1 saturated heterocycles. The van der Waals surface area contributed by atoms with E-state index in [-0.39, 0.29) is 23.6 Å². The van der Waals surface area contributed by atoms with Gasteiger partial charge in [-0.05, 0) is 43.4 Å². The average Bonchev–Trinajstić information content (AvgIpc) is 3.57. The molecular formula is C31H32N6O3S. The van der Waals surface area contributed by atoms with Crippen LogP contribution in [0.5, 0.6) is 0 Å². The van der Waals surface area contributed by atoms with Crippen LogP contribution in [-0.2, 0) is 33.8 Å². The second kappa shape index (κ2) is 11.3. The summed E-state index contributed by atoms with van der Waals surface area (Å²) in [7, 11) is 0. The van der Waals surface area contributed by atoms with Crippen molar-refractivity contribution >= 4 is 34.2 Å². The lowest BCUT2D eigenvalue weighted by Crippen LogP contribution is -2.42. The highest BCUT2D eigenvalue weighted by Crippen LogP contribution is 2.44. The van der Waals surface area contributed by atoms with Crippen LogP contribution in [0.25, 0.3) is 27.5 Å². The maximum absolute atomic E-state index is 12.9. The SMILES string of the molecule is CC(=O)Nc1nc2c(s1)-c1c(c(-c3ccccc3)nn1-c1cccc(CNC(=O)C3CCN(C(C)=O)CC3)c1)CC2. The van der Waals surface area contributed by atoms with Gasteiger partial charge in [-0.1, -0.05) is 53.8 Å². The van der Waals surface area contributed by atoms with E-state index >= 15 is 0 Å². The Bertz CT molecular complexity index is 1620. The minimum absolute atomic E-state index is 0.0289. The molecule has 1 aliphatic carbocycles. The molecular weight excluding hydrogens is 536 g/mol. The molecule has 2 aromatic heterocycles. The van der Waals surface area contributed by atoms with Crippen molar-refractivity contribution in [2.75, 3.05) is 18.4 Å². The lowest BCUT2D eigenvalue weighted by Gasteiger charge is -2.30. The van der Waals surface area contributed by atoms with Crippen molar-refractivity contribution in [1.29, 1.82) is 0 Å². The number of rotatable bonds is 6. The Morgan fingerprint density at radius 3 is 2.51 bits per heavy atom. The van der Waals surface area contributed by atoms with E-state index in [1.54, 1.807) is 11.8 Å². The zero-order chi connectivity index (χ0) is 28.5. The van der Waals surface area contributed by atoms with Gasteiger partial charge in [-0.2, -0.15) is 5.10 Å². The van der Waals surface area contributed by atoms with Gasteiger partial charge >= 0.3 is 0 Å². The van der Waals surface area contributed by atoms with Crippen molar-refractivity contribution in [3.05, 3.63) is 71.4 Å². The predicted molar refractivity (Wildman–Crippen MR) is 159 cm³/mol. The highest BCUT2D eigenvalue weighted by molar-refractivity contribution is 7.19. The minimum Gasteiger partial charge on any atom is -0.352 e. The number of hydrogen-bond donors (Lipinski definition) is 2. The van der Waals surface area contributed by atoms with E-state index in [0.29, 0.717) is 37.6 Å².